The Morgan fingerprint density at radius 1 is 0.316 bits per heavy atom. The normalized spacial score (nSPS) is 12.1. The lowest BCUT2D eigenvalue weighted by atomic mass is 10.0. The highest BCUT2D eigenvalue weighted by Gasteiger charge is 2.17. The lowest BCUT2D eigenvalue weighted by molar-refractivity contribution is -0.151. The van der Waals surface area contributed by atoms with E-state index < -0.39 is 0 Å². The lowest BCUT2D eigenvalue weighted by Crippen LogP contribution is -2.27. The summed E-state index contributed by atoms with van der Waals surface area (Å²) in [7, 11) is 0. The van der Waals surface area contributed by atoms with Gasteiger partial charge in [0.1, 0.15) is 18.3 Å². The zero-order chi connectivity index (χ0) is 56.8. The summed E-state index contributed by atoms with van der Waals surface area (Å²) in [5.74, 6) is -0.0191. The summed E-state index contributed by atoms with van der Waals surface area (Å²) in [6.45, 7) is 16.0. The van der Waals surface area contributed by atoms with Gasteiger partial charge in [-0.15, -0.1) is 0 Å². The lowest BCUT2D eigenvalue weighted by Gasteiger charge is -2.19. The Hall–Kier alpha value is -2.12. The van der Waals surface area contributed by atoms with E-state index in [0.717, 1.165) is 121 Å². The third-order valence-electron chi connectivity index (χ3n) is 14.9. The number of hydrogen-bond acceptors (Lipinski definition) is 11. The second-order valence-electron chi connectivity index (χ2n) is 22.5. The molecule has 11 nitrogen and oxygen atoms in total. The van der Waals surface area contributed by atoms with Crippen LogP contribution in [0.3, 0.4) is 0 Å². The van der Waals surface area contributed by atoms with Crippen LogP contribution in [-0.4, -0.2) is 110 Å². The molecule has 0 aliphatic carbocycles. The molecule has 0 radical (unpaired) electrons. The van der Waals surface area contributed by atoms with Gasteiger partial charge in [-0.25, -0.2) is 0 Å². The van der Waals surface area contributed by atoms with Crippen molar-refractivity contribution in [2.45, 2.75) is 309 Å². The summed E-state index contributed by atoms with van der Waals surface area (Å²) in [6, 6.07) is 10.1. The van der Waals surface area contributed by atoms with Crippen LogP contribution in [-0.2, 0) is 58.8 Å². The second-order valence-corrected chi connectivity index (χ2v) is 22.5. The number of carbonyl (C=O) groups is 2. The summed E-state index contributed by atoms with van der Waals surface area (Å²) in [6.07, 6.45) is 45.6. The van der Waals surface area contributed by atoms with Crippen LogP contribution in [0.5, 0.6) is 0 Å². The highest BCUT2D eigenvalue weighted by molar-refractivity contribution is 5.69. The van der Waals surface area contributed by atoms with Gasteiger partial charge in [-0.3, -0.25) is 9.59 Å². The maximum absolute atomic E-state index is 12.9. The Labute approximate surface area is 486 Å². The van der Waals surface area contributed by atoms with Crippen molar-refractivity contribution in [2.24, 2.45) is 0 Å². The summed E-state index contributed by atoms with van der Waals surface area (Å²) in [5, 5.41) is 0. The Morgan fingerprint density at radius 3 is 1.04 bits per heavy atom. The van der Waals surface area contributed by atoms with E-state index in [9.17, 15) is 9.59 Å². The zero-order valence-corrected chi connectivity index (χ0v) is 52.1. The number of benzene rings is 1. The van der Waals surface area contributed by atoms with Crippen molar-refractivity contribution in [2.75, 3.05) is 79.3 Å². The van der Waals surface area contributed by atoms with E-state index >= 15 is 0 Å². The zero-order valence-electron chi connectivity index (χ0n) is 52.1. The molecule has 1 atom stereocenters. The molecule has 0 fully saturated rings. The maximum atomic E-state index is 12.9. The molecule has 0 aromatic heterocycles. The first-order chi connectivity index (χ1) is 39.0. The van der Waals surface area contributed by atoms with Crippen LogP contribution in [0, 0.1) is 0 Å². The molecule has 0 heterocycles. The molecular formula is C68H126O11. The minimum atomic E-state index is -0.153. The van der Waals surface area contributed by atoms with Crippen molar-refractivity contribution in [1.82, 2.24) is 0 Å². The molecule has 11 heteroatoms. The van der Waals surface area contributed by atoms with Crippen LogP contribution >= 0.6 is 0 Å². The molecule has 0 aliphatic heterocycles. The van der Waals surface area contributed by atoms with Crippen LogP contribution in [0.1, 0.15) is 290 Å². The molecule has 0 aliphatic rings. The summed E-state index contributed by atoms with van der Waals surface area (Å²) in [5.41, 5.74) is 1.16. The van der Waals surface area contributed by atoms with Gasteiger partial charge >= 0.3 is 11.9 Å². The van der Waals surface area contributed by atoms with E-state index in [1.807, 2.05) is 18.2 Å². The van der Waals surface area contributed by atoms with Gasteiger partial charge < -0.3 is 42.6 Å². The SMILES string of the molecule is CCCCCCCCC(CCCCCCCC)OC(=O)CCCCCCCOCC(COCCOCCOCCOCCOCc1ccccc1)OCCCCCCCC(=O)OC(CCCCCCCC)CCCCCCCC. The molecule has 1 rings (SSSR count). The van der Waals surface area contributed by atoms with Crippen molar-refractivity contribution < 1.29 is 52.2 Å². The fourth-order valence-corrected chi connectivity index (χ4v) is 9.89. The van der Waals surface area contributed by atoms with Crippen molar-refractivity contribution in [3.8, 4) is 0 Å². The molecule has 79 heavy (non-hydrogen) atoms. The van der Waals surface area contributed by atoms with E-state index in [-0.39, 0.29) is 30.3 Å². The molecule has 0 saturated carbocycles. The first-order valence-electron chi connectivity index (χ1n) is 33.5. The van der Waals surface area contributed by atoms with Gasteiger partial charge in [-0.05, 0) is 82.6 Å². The first-order valence-corrected chi connectivity index (χ1v) is 33.5. The molecule has 464 valence electrons. The number of unbranched alkanes of at least 4 members (excludes halogenated alkanes) is 28. The molecule has 0 saturated heterocycles. The standard InChI is InChI=1S/C68H126O11/c1-5-9-13-17-23-34-44-64(45-35-24-18-14-10-6-2)78-67(69)48-38-27-21-29-40-50-74-61-66(62-76-59-57-73-55-53-71-52-54-72-56-58-75-60-63-42-32-31-33-43-63)77-51-41-30-22-28-39-49-68(70)79-65(46-36-25-19-15-11-7-3)47-37-26-20-16-12-8-4/h31-33,42-43,64-66H,5-30,34-41,44-62H2,1-4H3. The largest absolute Gasteiger partial charge is 0.462 e. The Kier molecular flexibility index (Phi) is 58.7. The molecule has 1 aromatic carbocycles. The number of carbonyl (C=O) groups excluding carboxylic acids is 2. The predicted molar refractivity (Wildman–Crippen MR) is 327 cm³/mol. The van der Waals surface area contributed by atoms with Gasteiger partial charge in [-0.1, -0.05) is 225 Å². The molecular weight excluding hydrogens is 993 g/mol. The van der Waals surface area contributed by atoms with Crippen molar-refractivity contribution in [3.63, 3.8) is 0 Å². The number of esters is 2. The fourth-order valence-electron chi connectivity index (χ4n) is 9.89. The third kappa shape index (κ3) is 54.9. The van der Waals surface area contributed by atoms with Gasteiger partial charge in [0.15, 0.2) is 0 Å². The summed E-state index contributed by atoms with van der Waals surface area (Å²) >= 11 is 0. The number of rotatable bonds is 65. The van der Waals surface area contributed by atoms with Crippen molar-refractivity contribution in [1.29, 1.82) is 0 Å². The van der Waals surface area contributed by atoms with Gasteiger partial charge in [0, 0.05) is 26.1 Å². The van der Waals surface area contributed by atoms with E-state index in [4.69, 9.17) is 42.6 Å². The Morgan fingerprint density at radius 2 is 0.633 bits per heavy atom. The van der Waals surface area contributed by atoms with Gasteiger partial charge in [0.25, 0.3) is 0 Å². The topological polar surface area (TPSA) is 117 Å². The van der Waals surface area contributed by atoms with E-state index in [0.29, 0.717) is 98.7 Å². The highest BCUT2D eigenvalue weighted by atomic mass is 16.6. The third-order valence-corrected chi connectivity index (χ3v) is 14.9. The van der Waals surface area contributed by atoms with Gasteiger partial charge in [-0.2, -0.15) is 0 Å². The van der Waals surface area contributed by atoms with Crippen molar-refractivity contribution >= 4 is 11.9 Å². The molecule has 0 spiro atoms. The summed E-state index contributed by atoms with van der Waals surface area (Å²) < 4.78 is 53.3. The van der Waals surface area contributed by atoms with Gasteiger partial charge in [0.2, 0.25) is 0 Å². The minimum Gasteiger partial charge on any atom is -0.462 e. The van der Waals surface area contributed by atoms with E-state index in [1.54, 1.807) is 0 Å². The Bertz CT molecular complexity index is 1330. The van der Waals surface area contributed by atoms with Gasteiger partial charge in [0.05, 0.1) is 72.7 Å². The average Bonchev–Trinajstić information content (AvgIpc) is 3.45. The molecule has 0 N–H and O–H groups in total. The van der Waals surface area contributed by atoms with Crippen LogP contribution in [0.25, 0.3) is 0 Å². The predicted octanol–water partition coefficient (Wildman–Crippen LogP) is 18.2. The van der Waals surface area contributed by atoms with E-state index in [2.05, 4.69) is 39.8 Å². The molecule has 0 amide bonds. The molecule has 0 bridgehead atoms. The monoisotopic (exact) mass is 1120 g/mol. The first kappa shape index (κ1) is 74.9. The minimum absolute atomic E-state index is 0.00797. The number of ether oxygens (including phenoxy) is 9. The summed E-state index contributed by atoms with van der Waals surface area (Å²) in [4.78, 5) is 25.8. The molecule has 1 unspecified atom stereocenters. The average molecular weight is 1120 g/mol. The fraction of sp³-hybridized carbons (Fsp3) is 0.882. The van der Waals surface area contributed by atoms with E-state index in [1.165, 1.54) is 128 Å². The van der Waals surface area contributed by atoms with Crippen LogP contribution in [0.15, 0.2) is 30.3 Å². The smallest absolute Gasteiger partial charge is 0.306 e. The van der Waals surface area contributed by atoms with Crippen LogP contribution in [0.4, 0.5) is 0 Å². The Balaban J connectivity index is 2.40. The van der Waals surface area contributed by atoms with Crippen LogP contribution in [0.2, 0.25) is 0 Å². The maximum Gasteiger partial charge on any atom is 0.306 e. The molecule has 1 aromatic rings. The van der Waals surface area contributed by atoms with Crippen molar-refractivity contribution in [3.05, 3.63) is 35.9 Å². The van der Waals surface area contributed by atoms with Crippen LogP contribution < -0.4 is 0 Å². The second kappa shape index (κ2) is 61.9. The number of hydrogen-bond donors (Lipinski definition) is 0. The highest BCUT2D eigenvalue weighted by Crippen LogP contribution is 2.21. The quantitative estimate of drug-likeness (QED) is 0.0458.